The average molecular weight is 299 g/mol. The maximum absolute atomic E-state index is 14.3. The minimum Gasteiger partial charge on any atom is -0.352 e. The number of aromatic nitrogens is 1. The van der Waals surface area contributed by atoms with E-state index in [1.165, 1.54) is 6.07 Å². The van der Waals surface area contributed by atoms with Crippen molar-refractivity contribution in [2.45, 2.75) is 13.0 Å². The van der Waals surface area contributed by atoms with E-state index in [0.717, 1.165) is 31.6 Å². The predicted octanol–water partition coefficient (Wildman–Crippen LogP) is 1.92. The molecule has 1 aliphatic heterocycles. The fourth-order valence-corrected chi connectivity index (χ4v) is 2.77. The van der Waals surface area contributed by atoms with Crippen LogP contribution in [0.15, 0.2) is 18.2 Å². The van der Waals surface area contributed by atoms with Crippen molar-refractivity contribution in [3.05, 3.63) is 35.3 Å². The van der Waals surface area contributed by atoms with Gasteiger partial charge in [-0.2, -0.15) is 0 Å². The third-order valence-corrected chi connectivity index (χ3v) is 3.95. The van der Waals surface area contributed by atoms with Gasteiger partial charge in [0.2, 0.25) is 0 Å². The van der Waals surface area contributed by atoms with Crippen LogP contribution >= 0.6 is 0 Å². The lowest BCUT2D eigenvalue weighted by Crippen LogP contribution is -2.43. The summed E-state index contributed by atoms with van der Waals surface area (Å²) in [5, 5.41) is 4.12. The molecule has 22 heavy (non-hydrogen) atoms. The van der Waals surface area contributed by atoms with E-state index in [9.17, 15) is 9.18 Å². The van der Waals surface area contributed by atoms with Crippen LogP contribution in [0.2, 0.25) is 0 Å². The van der Waals surface area contributed by atoms with Crippen LogP contribution in [-0.4, -0.2) is 41.8 Å². The second kappa shape index (κ2) is 6.30. The maximum atomic E-state index is 14.3. The Bertz CT molecular complexity index is 738. The van der Waals surface area contributed by atoms with E-state index < -0.39 is 0 Å². The van der Waals surface area contributed by atoms with Gasteiger partial charge in [-0.3, -0.25) is 9.69 Å². The first-order valence-electron chi connectivity index (χ1n) is 7.38. The number of hydrogen-bond acceptors (Lipinski definition) is 3. The molecular weight excluding hydrogens is 281 g/mol. The highest BCUT2D eigenvalue weighted by atomic mass is 19.1. The number of rotatable bonds is 4. The molecule has 3 rings (SSSR count). The van der Waals surface area contributed by atoms with Crippen molar-refractivity contribution in [2.75, 3.05) is 26.2 Å². The number of nitrogens with one attached hydrogen (secondary N) is 2. The Morgan fingerprint density at radius 2 is 2.09 bits per heavy atom. The summed E-state index contributed by atoms with van der Waals surface area (Å²) in [5.41, 5.74) is 1.72. The van der Waals surface area contributed by atoms with Crippen molar-refractivity contribution in [1.82, 2.24) is 15.2 Å². The van der Waals surface area contributed by atoms with Crippen LogP contribution in [0, 0.1) is 18.2 Å². The Balaban J connectivity index is 1.87. The molecule has 5 heteroatoms. The number of nitrogens with zero attached hydrogens (tertiary/aromatic N) is 1. The lowest BCUT2D eigenvalue weighted by atomic mass is 10.1. The zero-order valence-corrected chi connectivity index (χ0v) is 12.3. The van der Waals surface area contributed by atoms with Gasteiger partial charge < -0.3 is 10.3 Å². The SMILES string of the molecule is C#CCC(=O)c1cc2cc(CN3CCNCC3)c(F)cc2[nH]1. The van der Waals surface area contributed by atoms with Crippen LogP contribution in [0.5, 0.6) is 0 Å². The lowest BCUT2D eigenvalue weighted by Gasteiger charge is -2.27. The number of H-pyrrole nitrogens is 1. The van der Waals surface area contributed by atoms with Crippen molar-refractivity contribution in [2.24, 2.45) is 0 Å². The molecular formula is C17H18FN3O. The summed E-state index contributed by atoms with van der Waals surface area (Å²) in [5.74, 6) is 1.93. The Kier molecular flexibility index (Phi) is 4.23. The first-order chi connectivity index (χ1) is 10.7. The number of hydrogen-bond donors (Lipinski definition) is 2. The van der Waals surface area contributed by atoms with Crippen LogP contribution in [0.1, 0.15) is 22.5 Å². The van der Waals surface area contributed by atoms with E-state index in [0.29, 0.717) is 23.3 Å². The monoisotopic (exact) mass is 299 g/mol. The van der Waals surface area contributed by atoms with E-state index in [2.05, 4.69) is 21.1 Å². The number of piperazine rings is 1. The number of carbonyl (C=O) groups excluding carboxylic acids is 1. The summed E-state index contributed by atoms with van der Waals surface area (Å²) in [6.07, 6.45) is 5.20. The number of fused-ring (bicyclic) bond motifs is 1. The Morgan fingerprint density at radius 1 is 1.32 bits per heavy atom. The smallest absolute Gasteiger partial charge is 0.190 e. The molecule has 1 aliphatic rings. The van der Waals surface area contributed by atoms with Crippen LogP contribution in [-0.2, 0) is 6.54 Å². The molecule has 0 amide bonds. The first-order valence-corrected chi connectivity index (χ1v) is 7.38. The second-order valence-corrected chi connectivity index (χ2v) is 5.54. The average Bonchev–Trinajstić information content (AvgIpc) is 2.92. The molecule has 0 atom stereocenters. The molecule has 0 radical (unpaired) electrons. The summed E-state index contributed by atoms with van der Waals surface area (Å²) >= 11 is 0. The minimum absolute atomic E-state index is 0.0446. The topological polar surface area (TPSA) is 48.1 Å². The summed E-state index contributed by atoms with van der Waals surface area (Å²) < 4.78 is 14.3. The van der Waals surface area contributed by atoms with Gasteiger partial charge in [-0.15, -0.1) is 6.42 Å². The zero-order valence-electron chi connectivity index (χ0n) is 12.3. The fraction of sp³-hybridized carbons (Fsp3) is 0.353. The number of halogens is 1. The van der Waals surface area contributed by atoms with E-state index in [-0.39, 0.29) is 18.0 Å². The Morgan fingerprint density at radius 3 is 2.82 bits per heavy atom. The van der Waals surface area contributed by atoms with Crippen molar-refractivity contribution in [3.8, 4) is 12.3 Å². The summed E-state index contributed by atoms with van der Waals surface area (Å²) in [6.45, 7) is 4.27. The van der Waals surface area contributed by atoms with Gasteiger partial charge >= 0.3 is 0 Å². The molecule has 0 aliphatic carbocycles. The number of Topliss-reactive ketones (excluding diaryl/α,β-unsaturated/α-hetero) is 1. The van der Waals surface area contributed by atoms with Crippen LogP contribution in [0.25, 0.3) is 10.9 Å². The van der Waals surface area contributed by atoms with Crippen molar-refractivity contribution < 1.29 is 9.18 Å². The highest BCUT2D eigenvalue weighted by Gasteiger charge is 2.15. The van der Waals surface area contributed by atoms with Crippen molar-refractivity contribution >= 4 is 16.7 Å². The summed E-state index contributed by atoms with van der Waals surface area (Å²) in [4.78, 5) is 17.0. The highest BCUT2D eigenvalue weighted by Crippen LogP contribution is 2.22. The van der Waals surface area contributed by atoms with Gasteiger partial charge in [-0.25, -0.2) is 4.39 Å². The summed E-state index contributed by atoms with van der Waals surface area (Å²) in [6, 6.07) is 5.02. The van der Waals surface area contributed by atoms with Crippen molar-refractivity contribution in [3.63, 3.8) is 0 Å². The van der Waals surface area contributed by atoms with Crippen LogP contribution in [0.3, 0.4) is 0 Å². The molecule has 2 aromatic rings. The molecule has 1 saturated heterocycles. The normalized spacial score (nSPS) is 15.8. The second-order valence-electron chi connectivity index (χ2n) is 5.54. The Hall–Kier alpha value is -2.16. The van der Waals surface area contributed by atoms with E-state index >= 15 is 0 Å². The minimum atomic E-state index is -0.246. The molecule has 1 fully saturated rings. The van der Waals surface area contributed by atoms with E-state index in [1.807, 2.05) is 6.07 Å². The number of ketones is 1. The Labute approximate surface area is 128 Å². The molecule has 0 bridgehead atoms. The maximum Gasteiger partial charge on any atom is 0.190 e. The summed E-state index contributed by atoms with van der Waals surface area (Å²) in [7, 11) is 0. The predicted molar refractivity (Wildman–Crippen MR) is 84.2 cm³/mol. The van der Waals surface area contributed by atoms with Crippen molar-refractivity contribution in [1.29, 1.82) is 0 Å². The molecule has 1 aromatic carbocycles. The van der Waals surface area contributed by atoms with Gasteiger partial charge in [0.25, 0.3) is 0 Å². The third-order valence-electron chi connectivity index (χ3n) is 3.95. The van der Waals surface area contributed by atoms with E-state index in [1.54, 1.807) is 6.07 Å². The van der Waals surface area contributed by atoms with Gasteiger partial charge in [0.15, 0.2) is 5.78 Å². The molecule has 2 N–H and O–H groups in total. The molecule has 0 spiro atoms. The molecule has 0 unspecified atom stereocenters. The number of benzene rings is 1. The quantitative estimate of drug-likeness (QED) is 0.670. The lowest BCUT2D eigenvalue weighted by molar-refractivity contribution is 0.0994. The standard InChI is InChI=1S/C17H18FN3O/c1-2-3-17(22)16-9-12-8-13(14(18)10-15(12)20-16)11-21-6-4-19-5-7-21/h1,8-10,19-20H,3-7,11H2. The first kappa shape index (κ1) is 14.8. The zero-order chi connectivity index (χ0) is 15.5. The van der Waals surface area contributed by atoms with Crippen LogP contribution < -0.4 is 5.32 Å². The fourth-order valence-electron chi connectivity index (χ4n) is 2.77. The number of terminal acetylenes is 1. The van der Waals surface area contributed by atoms with Gasteiger partial charge in [-0.1, -0.05) is 5.92 Å². The number of carbonyl (C=O) groups is 1. The third kappa shape index (κ3) is 3.03. The molecule has 1 aromatic heterocycles. The molecule has 114 valence electrons. The molecule has 2 heterocycles. The van der Waals surface area contributed by atoms with Gasteiger partial charge in [0, 0.05) is 49.2 Å². The van der Waals surface area contributed by atoms with Crippen LogP contribution in [0.4, 0.5) is 4.39 Å². The molecule has 4 nitrogen and oxygen atoms in total. The molecule has 0 saturated carbocycles. The van der Waals surface area contributed by atoms with Gasteiger partial charge in [-0.05, 0) is 18.2 Å². The largest absolute Gasteiger partial charge is 0.352 e. The highest BCUT2D eigenvalue weighted by molar-refractivity contribution is 6.00. The number of aromatic amines is 1. The van der Waals surface area contributed by atoms with E-state index in [4.69, 9.17) is 6.42 Å². The van der Waals surface area contributed by atoms with Gasteiger partial charge in [0.05, 0.1) is 12.1 Å². The van der Waals surface area contributed by atoms with Gasteiger partial charge in [0.1, 0.15) is 5.82 Å².